The van der Waals surface area contributed by atoms with Gasteiger partial charge in [-0.15, -0.1) is 0 Å². The third kappa shape index (κ3) is 3.24. The number of rotatable bonds is 3. The highest BCUT2D eigenvalue weighted by Crippen LogP contribution is 2.16. The van der Waals surface area contributed by atoms with E-state index in [-0.39, 0.29) is 0 Å². The van der Waals surface area contributed by atoms with Gasteiger partial charge in [0.2, 0.25) is 0 Å². The molecule has 27 heavy (non-hydrogen) atoms. The van der Waals surface area contributed by atoms with Crippen LogP contribution in [0.5, 0.6) is 0 Å². The number of benzene rings is 3. The third-order valence-corrected chi connectivity index (χ3v) is 5.00. The van der Waals surface area contributed by atoms with Crippen molar-refractivity contribution in [1.82, 2.24) is 4.57 Å². The second-order valence-corrected chi connectivity index (χ2v) is 6.94. The molecule has 0 unspecified atom stereocenters. The lowest BCUT2D eigenvalue weighted by Crippen LogP contribution is -2.26. The first-order valence-corrected chi connectivity index (χ1v) is 9.24. The minimum absolute atomic E-state index is 1.06. The summed E-state index contributed by atoms with van der Waals surface area (Å²) in [6, 6.07) is 27.5. The summed E-state index contributed by atoms with van der Waals surface area (Å²) in [5.41, 5.74) is 6.09. The summed E-state index contributed by atoms with van der Waals surface area (Å²) in [6.45, 7) is 8.66. The maximum atomic E-state index is 4.38. The number of hydrogen-bond acceptors (Lipinski definition) is 0. The van der Waals surface area contributed by atoms with Gasteiger partial charge in [-0.1, -0.05) is 78.9 Å². The molecule has 132 valence electrons. The molecule has 0 aliphatic carbocycles. The van der Waals surface area contributed by atoms with Gasteiger partial charge in [0.05, 0.1) is 10.9 Å². The first-order chi connectivity index (χ1) is 13.1. The monoisotopic (exact) mass is 349 g/mol. The van der Waals surface area contributed by atoms with Crippen LogP contribution in [0.1, 0.15) is 18.1 Å². The zero-order chi connectivity index (χ0) is 18.8. The van der Waals surface area contributed by atoms with Gasteiger partial charge in [0.25, 0.3) is 0 Å². The van der Waals surface area contributed by atoms with E-state index in [2.05, 4.69) is 110 Å². The van der Waals surface area contributed by atoms with Gasteiger partial charge in [0.15, 0.2) is 0 Å². The smallest absolute Gasteiger partial charge is 0.0540 e. The highest BCUT2D eigenvalue weighted by Gasteiger charge is 2.07. The van der Waals surface area contributed by atoms with Gasteiger partial charge in [-0.05, 0) is 49.3 Å². The second-order valence-electron chi connectivity index (χ2n) is 6.94. The molecule has 1 nitrogen and oxygen atoms in total. The van der Waals surface area contributed by atoms with E-state index >= 15 is 0 Å². The number of allylic oxidation sites excluding steroid dienone is 2. The number of aryl methyl sites for hydroxylation is 1. The van der Waals surface area contributed by atoms with Crippen molar-refractivity contribution in [2.75, 3.05) is 0 Å². The highest BCUT2D eigenvalue weighted by molar-refractivity contribution is 5.84. The maximum Gasteiger partial charge on any atom is 0.0540 e. The van der Waals surface area contributed by atoms with Gasteiger partial charge in [0, 0.05) is 16.3 Å². The van der Waals surface area contributed by atoms with Gasteiger partial charge in [-0.25, -0.2) is 0 Å². The Morgan fingerprint density at radius 3 is 2.41 bits per heavy atom. The molecule has 0 atom stereocenters. The molecule has 0 aliphatic rings. The Bertz CT molecular complexity index is 1240. The fraction of sp³-hybridized carbons (Fsp3) is 0.0769. The number of fused-ring (bicyclic) bond motifs is 1. The molecule has 1 aromatic heterocycles. The van der Waals surface area contributed by atoms with Crippen LogP contribution in [0, 0.1) is 6.92 Å². The van der Waals surface area contributed by atoms with Gasteiger partial charge in [-0.2, -0.15) is 0 Å². The lowest BCUT2D eigenvalue weighted by atomic mass is 10.0. The van der Waals surface area contributed by atoms with Crippen LogP contribution < -0.4 is 10.6 Å². The molecule has 0 aliphatic heterocycles. The molecule has 0 spiro atoms. The van der Waals surface area contributed by atoms with Crippen LogP contribution in [0.25, 0.3) is 34.8 Å². The summed E-state index contributed by atoms with van der Waals surface area (Å²) in [5, 5.41) is 3.37. The molecular weight excluding hydrogens is 326 g/mol. The summed E-state index contributed by atoms with van der Waals surface area (Å²) in [7, 11) is 0. The Labute approximate surface area is 160 Å². The van der Waals surface area contributed by atoms with Crippen molar-refractivity contribution in [3.05, 3.63) is 107 Å². The van der Waals surface area contributed by atoms with Crippen LogP contribution in [-0.4, -0.2) is 4.57 Å². The van der Waals surface area contributed by atoms with Crippen molar-refractivity contribution in [1.29, 1.82) is 0 Å². The van der Waals surface area contributed by atoms with Gasteiger partial charge in [0.1, 0.15) is 0 Å². The fourth-order valence-electron chi connectivity index (χ4n) is 3.55. The molecule has 0 bridgehead atoms. The lowest BCUT2D eigenvalue weighted by molar-refractivity contribution is 1.07. The van der Waals surface area contributed by atoms with Crippen molar-refractivity contribution >= 4 is 29.1 Å². The highest BCUT2D eigenvalue weighted by atomic mass is 15.0. The molecule has 0 saturated carbocycles. The van der Waals surface area contributed by atoms with Gasteiger partial charge >= 0.3 is 0 Å². The van der Waals surface area contributed by atoms with E-state index < -0.39 is 0 Å². The van der Waals surface area contributed by atoms with Crippen LogP contribution in [0.2, 0.25) is 0 Å². The summed E-state index contributed by atoms with van der Waals surface area (Å²) in [4.78, 5) is 0. The van der Waals surface area contributed by atoms with Crippen LogP contribution >= 0.6 is 0 Å². The predicted molar refractivity (Wildman–Crippen MR) is 117 cm³/mol. The maximum absolute atomic E-state index is 4.38. The Hall–Kier alpha value is -3.32. The lowest BCUT2D eigenvalue weighted by Gasteiger charge is -2.06. The molecule has 0 saturated heterocycles. The van der Waals surface area contributed by atoms with Crippen molar-refractivity contribution in [3.63, 3.8) is 0 Å². The second kappa shape index (κ2) is 7.13. The molecule has 4 rings (SSSR count). The van der Waals surface area contributed by atoms with E-state index in [1.807, 2.05) is 6.07 Å². The Balaban J connectivity index is 1.96. The third-order valence-electron chi connectivity index (χ3n) is 5.00. The number of aromatic nitrogens is 1. The first-order valence-electron chi connectivity index (χ1n) is 9.24. The summed E-state index contributed by atoms with van der Waals surface area (Å²) >= 11 is 0. The van der Waals surface area contributed by atoms with E-state index in [4.69, 9.17) is 0 Å². The molecule has 0 amide bonds. The van der Waals surface area contributed by atoms with E-state index in [1.165, 1.54) is 27.6 Å². The van der Waals surface area contributed by atoms with E-state index in [0.717, 1.165) is 16.3 Å². The van der Waals surface area contributed by atoms with Crippen LogP contribution in [0.15, 0.2) is 84.9 Å². The Morgan fingerprint density at radius 1 is 0.889 bits per heavy atom. The first kappa shape index (κ1) is 17.1. The zero-order valence-corrected chi connectivity index (χ0v) is 15.8. The average molecular weight is 349 g/mol. The van der Waals surface area contributed by atoms with E-state index in [9.17, 15) is 0 Å². The normalized spacial score (nSPS) is 12.7. The summed E-state index contributed by atoms with van der Waals surface area (Å²) < 4.78 is 2.29. The molecule has 0 fully saturated rings. The standard InChI is InChI=1S/C26H23N/c1-19-10-9-11-22(18-19)20(2)16-17-25-21(3)24-14-7-8-15-26(24)27(25)23-12-5-4-6-13-23/h4-18H,3H2,1-2H3/b20-16+,25-17+. The molecular formula is C26H23N. The fourth-order valence-corrected chi connectivity index (χ4v) is 3.55. The van der Waals surface area contributed by atoms with Crippen LogP contribution in [-0.2, 0) is 0 Å². The topological polar surface area (TPSA) is 4.93 Å². The SMILES string of the molecule is C=c1/c(=C\C=C(/C)c2cccc(C)c2)n(-c2ccccc2)c2ccccc12. The Morgan fingerprint density at radius 2 is 1.63 bits per heavy atom. The van der Waals surface area contributed by atoms with E-state index in [0.29, 0.717) is 0 Å². The Kier molecular flexibility index (Phi) is 4.52. The van der Waals surface area contributed by atoms with Crippen molar-refractivity contribution in [2.24, 2.45) is 0 Å². The van der Waals surface area contributed by atoms with Crippen molar-refractivity contribution < 1.29 is 0 Å². The van der Waals surface area contributed by atoms with E-state index in [1.54, 1.807) is 0 Å². The zero-order valence-electron chi connectivity index (χ0n) is 15.8. The molecule has 4 aromatic rings. The number of nitrogens with zero attached hydrogens (tertiary/aromatic N) is 1. The van der Waals surface area contributed by atoms with Crippen molar-refractivity contribution in [3.8, 4) is 5.69 Å². The number of para-hydroxylation sites is 2. The minimum atomic E-state index is 1.06. The summed E-state index contributed by atoms with van der Waals surface area (Å²) in [5.74, 6) is 0. The molecule has 3 aromatic carbocycles. The molecule has 0 N–H and O–H groups in total. The molecule has 1 heteroatoms. The average Bonchev–Trinajstić information content (AvgIpc) is 2.99. The predicted octanol–water partition coefficient (Wildman–Crippen LogP) is 5.23. The largest absolute Gasteiger partial charge is 0.309 e. The molecule has 0 radical (unpaired) electrons. The van der Waals surface area contributed by atoms with Gasteiger partial charge in [-0.3, -0.25) is 0 Å². The van der Waals surface area contributed by atoms with Crippen LogP contribution in [0.4, 0.5) is 0 Å². The minimum Gasteiger partial charge on any atom is -0.309 e. The van der Waals surface area contributed by atoms with Crippen molar-refractivity contribution in [2.45, 2.75) is 13.8 Å². The van der Waals surface area contributed by atoms with Crippen LogP contribution in [0.3, 0.4) is 0 Å². The summed E-state index contributed by atoms with van der Waals surface area (Å²) in [6.07, 6.45) is 4.38. The molecule has 1 heterocycles. The van der Waals surface area contributed by atoms with Gasteiger partial charge < -0.3 is 4.57 Å². The quantitative estimate of drug-likeness (QED) is 0.477. The number of hydrogen-bond donors (Lipinski definition) is 0.